The molecule has 0 unspecified atom stereocenters. The summed E-state index contributed by atoms with van der Waals surface area (Å²) in [6.45, 7) is 9.91. The number of hydrogen-bond donors (Lipinski definition) is 0. The molecule has 1 rings (SSSR count). The Morgan fingerprint density at radius 2 is 0.328 bits per heavy atom. The van der Waals surface area contributed by atoms with E-state index in [1.165, 1.54) is 44.3 Å². The Hall–Kier alpha value is 29.9. The first-order valence-electron chi connectivity index (χ1n) is 5.15. The van der Waals surface area contributed by atoms with E-state index in [0.717, 1.165) is 0 Å². The van der Waals surface area contributed by atoms with E-state index in [2.05, 4.69) is 27.9 Å². The third kappa shape index (κ3) is 431. The van der Waals surface area contributed by atoms with Gasteiger partial charge in [-0.05, 0) is 6.92 Å². The van der Waals surface area contributed by atoms with Crippen LogP contribution in [-0.4, -0.2) is 8.80 Å². The fraction of sp³-hybridized carbons (Fsp3) is 0.385. The predicted octanol–water partition coefficient (Wildman–Crippen LogP) is 3.38. The molecule has 0 atom stereocenters. The summed E-state index contributed by atoms with van der Waals surface area (Å²) in [7, 11) is 0. The van der Waals surface area contributed by atoms with E-state index in [0.29, 0.717) is 0 Å². The number of benzene rings is 1. The fourth-order valence-electron chi connectivity index (χ4n) is 0.534. The van der Waals surface area contributed by atoms with E-state index in [9.17, 15) is 0 Å². The van der Waals surface area contributed by atoms with Crippen LogP contribution in [0.25, 0.3) is 0 Å². The summed E-state index contributed by atoms with van der Waals surface area (Å²) in [5.41, 5.74) is 1.32. The third-order valence-corrected chi connectivity index (χ3v) is 0.940. The number of hydrogen-bond acceptors (Lipinski definition) is 0. The van der Waals surface area contributed by atoms with Crippen molar-refractivity contribution in [1.29, 1.82) is 0 Å². The van der Waals surface area contributed by atoms with Crippen LogP contribution in [0, 0.1) is 6.92 Å². The van der Waals surface area contributed by atoms with Crippen LogP contribution >= 0.6 is 0 Å². The van der Waals surface area contributed by atoms with Crippen LogP contribution in [0.4, 0.5) is 0 Å². The van der Waals surface area contributed by atoms with Crippen LogP contribution in [0.3, 0.4) is 0 Å². The summed E-state index contributed by atoms with van der Waals surface area (Å²) in [4.78, 5) is 0. The molecule has 1 aromatic carbocycles. The summed E-state index contributed by atoms with van der Waals surface area (Å²) in [6, 6.07) is 10.3. The molecule has 0 N–H and O–H groups in total. The molecule has 1 aromatic rings. The summed E-state index contributed by atoms with van der Waals surface area (Å²) in [5.74, 6) is 0. The van der Waals surface area contributed by atoms with Gasteiger partial charge in [0.05, 0.1) is 0 Å². The maximum atomic E-state index is 2.83. The monoisotopic (exact) mass is 8450 g/mol. The zero-order chi connectivity index (χ0) is 16.5. The van der Waals surface area contributed by atoms with Gasteiger partial charge in [-0.15, -0.1) is 0 Å². The van der Waals surface area contributed by atoms with Crippen LogP contribution in [0.2, 0.25) is 0 Å². The van der Waals surface area contributed by atoms with Crippen molar-refractivity contribution in [2.75, 3.05) is 0 Å². The zero-order valence-electron chi connectivity index (χ0n) is 27.8. The van der Waals surface area contributed by atoms with Crippen LogP contribution in [-0.2, 0) is 925 Å². The molecule has 0 spiro atoms. The molecule has 0 radical (unpaired) electrons. The molecule has 0 aromatic heterocycles. The van der Waals surface area contributed by atoms with Crippen molar-refractivity contribution < 1.29 is 925 Å². The first-order valence-corrected chi connectivity index (χ1v) is 30.1. The molecule has 0 aliphatic heterocycles. The molecule has 0 saturated carbocycles. The van der Waals surface area contributed by atoms with Crippen LogP contribution in [0.15, 0.2) is 30.3 Å². The molecule has 0 heterocycles. The number of rotatable bonds is 0. The Labute approximate surface area is 975 Å². The average Bonchev–Trinajstić information content (AvgIpc) is 2.48. The summed E-state index contributed by atoms with van der Waals surface area (Å²) < 4.78 is 5.67. The molecule has 0 fully saturated rings. The summed E-state index contributed by atoms with van der Waals surface area (Å²) in [5, 5.41) is 0. The first-order chi connectivity index (χ1) is 9.22. The normalized spacial score (nSPS) is 1.74. The SMILES string of the molecule is CC.C[C-]=[W].C[C-]=[W].Cc1ccccc1.[W].[W].[W].[W].[W].[W].[W].[W].[W].[W].[W].[W].[W].[W].[W].[W].[W].[W].[W].[W].[W].[W].[W].[W].[W].[W].[W].[W].[W].[W].[W].[W].[W].[W].[W].[W].[W].[W].[W].[W]=[W].[W]=[W]. The molecule has 0 aliphatic carbocycles. The van der Waals surface area contributed by atoms with Crippen molar-refractivity contribution in [3.63, 3.8) is 0 Å². The van der Waals surface area contributed by atoms with Gasteiger partial charge in [-0.25, -0.2) is 0 Å². The summed E-state index contributed by atoms with van der Waals surface area (Å²) >= 11 is 9.51. The Morgan fingerprint density at radius 1 is 0.259 bits per heavy atom. The topological polar surface area (TPSA) is 0 Å². The first kappa shape index (κ1) is 344. The van der Waals surface area contributed by atoms with Gasteiger partial charge in [0.1, 0.15) is 0 Å². The quantitative estimate of drug-likeness (QED) is 0.351. The van der Waals surface area contributed by atoms with Gasteiger partial charge in [0.15, 0.2) is 0 Å². The van der Waals surface area contributed by atoms with E-state index in [1.54, 1.807) is 64.9 Å². The van der Waals surface area contributed by atoms with Crippen LogP contribution < -0.4 is 0 Å². The number of aryl methyl sites for hydroxylation is 1. The van der Waals surface area contributed by atoms with Gasteiger partial charge in [0, 0.05) is 822 Å². The molecular weight excluding hydrogens is 8430 g/mol. The standard InChI is InChI=1S/C7H8.C2H6.2C2H3.45W/c1-7-5-3-2-4-6-7;3*1-2;;;;;;;;;;;;;;;;;;;;;;;;;;;;;;;;;;;;;;;;;;;;;/h2-6H,1H3;1-2H3;2*1H3;;;;;;;;;;;;;;;;;;;;;;;;;;;;;;;;;;;;;;;;;;;;;/q;;2*-1;;;;;;;;;;;;;;;;;;;;;;;;;;;;;;;;;;;;;;;;;;;;;. The minimum atomic E-state index is 0. The Balaban J connectivity index is -0.000000000879. The summed E-state index contributed by atoms with van der Waals surface area (Å²) in [6.07, 6.45) is 0. The Bertz CT molecular complexity index is 258. The molecular formula is C13H20W45-2. The van der Waals surface area contributed by atoms with Crippen molar-refractivity contribution >= 4 is 8.80 Å². The van der Waals surface area contributed by atoms with Gasteiger partial charge in [0.25, 0.3) is 0 Å². The van der Waals surface area contributed by atoms with E-state index >= 15 is 0 Å². The molecule has 0 saturated heterocycles. The van der Waals surface area contributed by atoms with Crippen molar-refractivity contribution in [3.8, 4) is 0 Å². The van der Waals surface area contributed by atoms with Crippen LogP contribution in [0.1, 0.15) is 33.3 Å². The van der Waals surface area contributed by atoms with E-state index in [4.69, 9.17) is 0 Å². The second kappa shape index (κ2) is 403. The van der Waals surface area contributed by atoms with Crippen molar-refractivity contribution in [2.24, 2.45) is 0 Å². The molecule has 0 amide bonds. The van der Waals surface area contributed by atoms with Crippen molar-refractivity contribution in [1.82, 2.24) is 0 Å². The Kier molecular flexibility index (Phi) is 2390. The van der Waals surface area contributed by atoms with E-state index in [1.807, 2.05) is 45.9 Å². The van der Waals surface area contributed by atoms with E-state index < -0.39 is 0 Å². The predicted molar refractivity (Wildman–Crippen MR) is 63.9 cm³/mol. The second-order valence-electron chi connectivity index (χ2n) is 2.06. The van der Waals surface area contributed by atoms with Crippen LogP contribution in [0.5, 0.6) is 0 Å². The minimum absolute atomic E-state index is 0. The molecule has 45 heteroatoms. The third-order valence-electron chi connectivity index (χ3n) is 0.940. The molecule has 0 nitrogen and oxygen atoms in total. The molecule has 0 aliphatic rings. The molecule has 58 heavy (non-hydrogen) atoms. The fourth-order valence-corrected chi connectivity index (χ4v) is 0.534. The maximum absolute atomic E-state index is 2.83. The molecule has 344 valence electrons. The van der Waals surface area contributed by atoms with E-state index in [-0.39, 0.29) is 822 Å². The van der Waals surface area contributed by atoms with Gasteiger partial charge >= 0.3 is 126 Å². The van der Waals surface area contributed by atoms with Crippen molar-refractivity contribution in [2.45, 2.75) is 34.6 Å². The van der Waals surface area contributed by atoms with Crippen molar-refractivity contribution in [3.05, 3.63) is 35.9 Å². The van der Waals surface area contributed by atoms with Gasteiger partial charge in [-0.2, -0.15) is 0 Å². The zero-order valence-corrected chi connectivity index (χ0v) is 160. The average molecular weight is 8450 g/mol. The van der Waals surface area contributed by atoms with Gasteiger partial charge in [0.2, 0.25) is 0 Å². The molecule has 0 bridgehead atoms. The van der Waals surface area contributed by atoms with Gasteiger partial charge < -0.3 is 0 Å². The second-order valence-corrected chi connectivity index (χ2v) is 5.00. The van der Waals surface area contributed by atoms with Gasteiger partial charge in [-0.1, -0.05) is 49.7 Å². The van der Waals surface area contributed by atoms with Gasteiger partial charge in [-0.3, -0.25) is 0 Å². The Morgan fingerprint density at radius 3 is 0.362 bits per heavy atom.